The first-order valence-electron chi connectivity index (χ1n) is 11.0. The van der Waals surface area contributed by atoms with E-state index < -0.39 is 22.7 Å². The van der Waals surface area contributed by atoms with Crippen LogP contribution >= 0.6 is 11.6 Å². The fraction of sp³-hybridized carbons (Fsp3) is 0.208. The Labute approximate surface area is 212 Å². The highest BCUT2D eigenvalue weighted by molar-refractivity contribution is 6.31. The molecule has 190 valence electrons. The normalized spacial score (nSPS) is 13.5. The van der Waals surface area contributed by atoms with Crippen molar-refractivity contribution in [2.75, 3.05) is 5.32 Å². The highest BCUT2D eigenvalue weighted by Crippen LogP contribution is 2.41. The molecule has 13 heteroatoms. The van der Waals surface area contributed by atoms with E-state index in [4.69, 9.17) is 16.3 Å². The first kappa shape index (κ1) is 24.5. The largest absolute Gasteiger partial charge is 0.457 e. The number of anilines is 1. The second-order valence-corrected chi connectivity index (χ2v) is 8.98. The van der Waals surface area contributed by atoms with Crippen molar-refractivity contribution in [1.82, 2.24) is 14.6 Å². The number of non-ortho nitro benzene ring substituents is 1. The number of halogens is 4. The van der Waals surface area contributed by atoms with Crippen LogP contribution in [0.4, 0.5) is 24.5 Å². The molecule has 0 bridgehead atoms. The molecule has 1 fully saturated rings. The van der Waals surface area contributed by atoms with Crippen LogP contribution in [0.15, 0.2) is 48.5 Å². The summed E-state index contributed by atoms with van der Waals surface area (Å²) in [6, 6.07) is 10.5. The van der Waals surface area contributed by atoms with Crippen LogP contribution in [0, 0.1) is 17.0 Å². The number of nitro benzene ring substituents is 1. The molecule has 0 spiro atoms. The second-order valence-electron chi connectivity index (χ2n) is 8.58. The summed E-state index contributed by atoms with van der Waals surface area (Å²) in [5, 5.41) is 18.2. The Kier molecular flexibility index (Phi) is 5.98. The highest BCUT2D eigenvalue weighted by Gasteiger charge is 2.37. The summed E-state index contributed by atoms with van der Waals surface area (Å²) in [6.45, 7) is 1.76. The lowest BCUT2D eigenvalue weighted by molar-refractivity contribution is -0.384. The third kappa shape index (κ3) is 5.19. The molecule has 0 atom stereocenters. The molecule has 1 aliphatic rings. The first-order chi connectivity index (χ1) is 17.5. The topological polar surface area (TPSA) is 112 Å². The molecule has 5 rings (SSSR count). The van der Waals surface area contributed by atoms with Gasteiger partial charge in [0.25, 0.3) is 11.6 Å². The molecule has 2 heterocycles. The molecule has 0 aliphatic heterocycles. The van der Waals surface area contributed by atoms with E-state index in [-0.39, 0.29) is 34.4 Å². The summed E-state index contributed by atoms with van der Waals surface area (Å²) >= 11 is 6.02. The average molecular weight is 532 g/mol. The van der Waals surface area contributed by atoms with Gasteiger partial charge in [-0.25, -0.2) is 9.50 Å². The molecule has 0 unspecified atom stereocenters. The number of carbonyl (C=O) groups is 1. The van der Waals surface area contributed by atoms with Crippen LogP contribution in [0.5, 0.6) is 11.5 Å². The maximum Gasteiger partial charge on any atom is 0.433 e. The zero-order valence-corrected chi connectivity index (χ0v) is 19.8. The van der Waals surface area contributed by atoms with E-state index in [9.17, 15) is 28.1 Å². The fourth-order valence-electron chi connectivity index (χ4n) is 3.73. The van der Waals surface area contributed by atoms with Crippen LogP contribution in [0.1, 0.15) is 46.2 Å². The molecule has 1 saturated carbocycles. The van der Waals surface area contributed by atoms with Gasteiger partial charge in [0.2, 0.25) is 0 Å². The minimum atomic E-state index is -4.71. The fourth-order valence-corrected chi connectivity index (χ4v) is 3.84. The van der Waals surface area contributed by atoms with Crippen molar-refractivity contribution in [2.24, 2.45) is 0 Å². The minimum Gasteiger partial charge on any atom is -0.457 e. The number of benzene rings is 2. The third-order valence-electron chi connectivity index (χ3n) is 5.69. The van der Waals surface area contributed by atoms with Gasteiger partial charge in [-0.3, -0.25) is 14.9 Å². The number of nitro groups is 1. The first-order valence-corrected chi connectivity index (χ1v) is 11.4. The van der Waals surface area contributed by atoms with Gasteiger partial charge in [-0.05, 0) is 49.6 Å². The van der Waals surface area contributed by atoms with Crippen LogP contribution in [0.2, 0.25) is 5.02 Å². The Morgan fingerprint density at radius 1 is 1.16 bits per heavy atom. The maximum atomic E-state index is 13.7. The SMILES string of the molecule is Cc1cc(Oc2cc(NC(=O)c3cc4nc(C5CC5)cc(C(F)(F)F)n4n3)cc([N+](=O)[O-])c2)ccc1Cl. The van der Waals surface area contributed by atoms with Gasteiger partial charge < -0.3 is 10.1 Å². The van der Waals surface area contributed by atoms with Crippen molar-refractivity contribution >= 4 is 34.5 Å². The summed E-state index contributed by atoms with van der Waals surface area (Å²) < 4.78 is 47.2. The number of amides is 1. The zero-order chi connectivity index (χ0) is 26.5. The predicted molar refractivity (Wildman–Crippen MR) is 127 cm³/mol. The molecule has 0 radical (unpaired) electrons. The molecule has 37 heavy (non-hydrogen) atoms. The number of aryl methyl sites for hydroxylation is 1. The Balaban J connectivity index is 1.46. The number of alkyl halides is 3. The van der Waals surface area contributed by atoms with Gasteiger partial charge >= 0.3 is 6.18 Å². The zero-order valence-electron chi connectivity index (χ0n) is 19.0. The number of rotatable bonds is 6. The lowest BCUT2D eigenvalue weighted by Crippen LogP contribution is -2.16. The smallest absolute Gasteiger partial charge is 0.433 e. The molecule has 1 amide bonds. The van der Waals surface area contributed by atoms with Gasteiger partial charge in [0.1, 0.15) is 17.2 Å². The number of ether oxygens (including phenoxy) is 1. The quantitative estimate of drug-likeness (QED) is 0.223. The second kappa shape index (κ2) is 9.04. The van der Waals surface area contributed by atoms with Gasteiger partial charge in [0.15, 0.2) is 11.3 Å². The van der Waals surface area contributed by atoms with Crippen LogP contribution in [-0.4, -0.2) is 25.4 Å². The summed E-state index contributed by atoms with van der Waals surface area (Å²) in [5.74, 6) is -0.514. The Morgan fingerprint density at radius 3 is 2.57 bits per heavy atom. The number of fused-ring (bicyclic) bond motifs is 1. The number of nitrogens with zero attached hydrogens (tertiary/aromatic N) is 4. The molecule has 4 aromatic rings. The summed E-state index contributed by atoms with van der Waals surface area (Å²) in [4.78, 5) is 27.9. The van der Waals surface area contributed by atoms with E-state index in [1.165, 1.54) is 12.1 Å². The summed E-state index contributed by atoms with van der Waals surface area (Å²) in [7, 11) is 0. The lowest BCUT2D eigenvalue weighted by atomic mass is 10.2. The number of nitrogens with one attached hydrogen (secondary N) is 1. The van der Waals surface area contributed by atoms with Crippen molar-refractivity contribution in [1.29, 1.82) is 0 Å². The summed E-state index contributed by atoms with van der Waals surface area (Å²) in [5.41, 5.74) is -0.867. The number of carbonyl (C=O) groups excluding carboxylic acids is 1. The van der Waals surface area contributed by atoms with E-state index in [1.807, 2.05) is 0 Å². The van der Waals surface area contributed by atoms with E-state index in [1.54, 1.807) is 25.1 Å². The van der Waals surface area contributed by atoms with Crippen LogP contribution < -0.4 is 10.1 Å². The van der Waals surface area contributed by atoms with Gasteiger partial charge in [-0.15, -0.1) is 0 Å². The van der Waals surface area contributed by atoms with Crippen molar-refractivity contribution in [3.63, 3.8) is 0 Å². The van der Waals surface area contributed by atoms with E-state index in [0.717, 1.165) is 36.6 Å². The molecule has 2 aromatic carbocycles. The van der Waals surface area contributed by atoms with Crippen molar-refractivity contribution < 1.29 is 27.6 Å². The minimum absolute atomic E-state index is 0.0142. The third-order valence-corrected chi connectivity index (χ3v) is 6.11. The van der Waals surface area contributed by atoms with Gasteiger partial charge in [0, 0.05) is 34.8 Å². The molecular weight excluding hydrogens is 515 g/mol. The molecular formula is C24H17ClF3N5O4. The van der Waals surface area contributed by atoms with Crippen LogP contribution in [-0.2, 0) is 6.18 Å². The number of aromatic nitrogens is 3. The lowest BCUT2D eigenvalue weighted by Gasteiger charge is -2.10. The highest BCUT2D eigenvalue weighted by atomic mass is 35.5. The average Bonchev–Trinajstić information content (AvgIpc) is 3.58. The maximum absolute atomic E-state index is 13.7. The number of hydrogen-bond acceptors (Lipinski definition) is 6. The Morgan fingerprint density at radius 2 is 1.92 bits per heavy atom. The Hall–Kier alpha value is -4.19. The molecule has 0 saturated heterocycles. The number of hydrogen-bond donors (Lipinski definition) is 1. The van der Waals surface area contributed by atoms with Gasteiger partial charge in [-0.1, -0.05) is 11.6 Å². The monoisotopic (exact) mass is 531 g/mol. The molecule has 1 N–H and O–H groups in total. The van der Waals surface area contributed by atoms with Crippen LogP contribution in [0.3, 0.4) is 0 Å². The van der Waals surface area contributed by atoms with Crippen molar-refractivity contribution in [2.45, 2.75) is 31.9 Å². The summed E-state index contributed by atoms with van der Waals surface area (Å²) in [6.07, 6.45) is -3.22. The van der Waals surface area contributed by atoms with Gasteiger partial charge in [-0.2, -0.15) is 18.3 Å². The molecule has 2 aromatic heterocycles. The molecule has 1 aliphatic carbocycles. The predicted octanol–water partition coefficient (Wildman–Crippen LogP) is 6.54. The van der Waals surface area contributed by atoms with E-state index in [0.29, 0.717) is 21.0 Å². The van der Waals surface area contributed by atoms with Crippen molar-refractivity contribution in [3.8, 4) is 11.5 Å². The standard InChI is InChI=1S/C24H17ClF3N5O4/c1-12-6-16(4-5-18(12)25)37-17-8-14(7-15(9-17)33(35)36)29-23(34)20-11-22-30-19(13-2-3-13)10-21(24(26,27)28)32(22)31-20/h4-11,13H,2-3H2,1H3,(H,29,34). The van der Waals surface area contributed by atoms with Gasteiger partial charge in [0.05, 0.1) is 16.7 Å². The van der Waals surface area contributed by atoms with Crippen LogP contribution in [0.25, 0.3) is 5.65 Å². The Bertz CT molecular complexity index is 1570. The van der Waals surface area contributed by atoms with E-state index >= 15 is 0 Å². The van der Waals surface area contributed by atoms with Crippen molar-refractivity contribution in [3.05, 3.63) is 86.3 Å². The van der Waals surface area contributed by atoms with E-state index in [2.05, 4.69) is 15.4 Å². The molecule has 9 nitrogen and oxygen atoms in total.